The fourth-order valence-corrected chi connectivity index (χ4v) is 3.20. The summed E-state index contributed by atoms with van der Waals surface area (Å²) in [5.74, 6) is 0. The lowest BCUT2D eigenvalue weighted by atomic mass is 10.1. The molecule has 0 bridgehead atoms. The second-order valence-electron chi connectivity index (χ2n) is 6.66. The van der Waals surface area contributed by atoms with Gasteiger partial charge in [0.2, 0.25) is 0 Å². The summed E-state index contributed by atoms with van der Waals surface area (Å²) in [6.07, 6.45) is 6.22. The van der Waals surface area contributed by atoms with E-state index >= 15 is 0 Å². The summed E-state index contributed by atoms with van der Waals surface area (Å²) in [5.41, 5.74) is 2.21. The monoisotopic (exact) mass is 334 g/mol. The predicted molar refractivity (Wildman–Crippen MR) is 96.3 cm³/mol. The quantitative estimate of drug-likeness (QED) is 0.697. The van der Waals surface area contributed by atoms with Crippen molar-refractivity contribution in [3.63, 3.8) is 0 Å². The Morgan fingerprint density at radius 2 is 1.88 bits per heavy atom. The molecule has 1 aliphatic heterocycles. The number of aryl methyl sites for hydroxylation is 2. The minimum Gasteiger partial charge on any atom is -0.338 e. The molecule has 1 fully saturated rings. The normalized spacial score (nSPS) is 15.8. The maximum atomic E-state index is 11.9. The van der Waals surface area contributed by atoms with Crippen LogP contribution in [0, 0.1) is 13.8 Å². The van der Waals surface area contributed by atoms with E-state index in [0.717, 1.165) is 24.2 Å². The molecular weight excluding hydrogens is 304 g/mol. The van der Waals surface area contributed by atoms with Crippen LogP contribution in [0.15, 0.2) is 10.9 Å². The Balaban J connectivity index is 1.66. The van der Waals surface area contributed by atoms with Crippen LogP contribution in [0.1, 0.15) is 48.9 Å². The zero-order valence-electron chi connectivity index (χ0n) is 14.9. The molecule has 1 saturated heterocycles. The van der Waals surface area contributed by atoms with Crippen molar-refractivity contribution in [2.24, 2.45) is 0 Å². The van der Waals surface area contributed by atoms with Gasteiger partial charge in [0.25, 0.3) is 5.56 Å². The molecule has 0 aromatic carbocycles. The topological polar surface area (TPSA) is 77.2 Å². The van der Waals surface area contributed by atoms with Crippen LogP contribution in [0.3, 0.4) is 0 Å². The van der Waals surface area contributed by atoms with Crippen molar-refractivity contribution in [1.82, 2.24) is 20.5 Å². The highest BCUT2D eigenvalue weighted by Crippen LogP contribution is 2.09. The van der Waals surface area contributed by atoms with E-state index in [4.69, 9.17) is 0 Å². The fraction of sp³-hybridized carbons (Fsp3) is 0.667. The molecule has 2 heterocycles. The summed E-state index contributed by atoms with van der Waals surface area (Å²) in [5, 5.41) is 5.63. The molecule has 6 nitrogen and oxygen atoms in total. The molecule has 134 valence electrons. The number of carbonyl (C=O) groups excluding carboxylic acids is 1. The number of amides is 2. The summed E-state index contributed by atoms with van der Waals surface area (Å²) >= 11 is 0. The van der Waals surface area contributed by atoms with E-state index in [1.807, 2.05) is 19.9 Å². The summed E-state index contributed by atoms with van der Waals surface area (Å²) in [6, 6.07) is 1.70. The first-order chi connectivity index (χ1) is 11.6. The molecule has 1 aliphatic rings. The molecule has 1 aromatic rings. The highest BCUT2D eigenvalue weighted by molar-refractivity contribution is 5.73. The zero-order chi connectivity index (χ0) is 17.4. The Labute approximate surface area is 144 Å². The molecule has 3 N–H and O–H groups in total. The average molecular weight is 334 g/mol. The highest BCUT2D eigenvalue weighted by atomic mass is 16.2. The van der Waals surface area contributed by atoms with Crippen molar-refractivity contribution < 1.29 is 4.79 Å². The van der Waals surface area contributed by atoms with E-state index in [-0.39, 0.29) is 18.1 Å². The third-order valence-corrected chi connectivity index (χ3v) is 4.55. The molecule has 2 rings (SSSR count). The van der Waals surface area contributed by atoms with Crippen molar-refractivity contribution in [2.45, 2.75) is 52.5 Å². The number of H-pyrrole nitrogens is 1. The SMILES string of the molecule is Cc1cc(C)c(CNC(=O)NCCCN2CCCCCC2)c(=O)[nH]1. The second kappa shape index (κ2) is 9.47. The van der Waals surface area contributed by atoms with E-state index in [0.29, 0.717) is 12.1 Å². The number of carbonyl (C=O) groups is 1. The third kappa shape index (κ3) is 6.00. The van der Waals surface area contributed by atoms with Crippen molar-refractivity contribution in [1.29, 1.82) is 0 Å². The van der Waals surface area contributed by atoms with E-state index in [1.165, 1.54) is 38.8 Å². The number of urea groups is 1. The molecule has 6 heteroatoms. The Morgan fingerprint density at radius 3 is 2.54 bits per heavy atom. The van der Waals surface area contributed by atoms with E-state index < -0.39 is 0 Å². The number of nitrogens with one attached hydrogen (secondary N) is 3. The Kier molecular flexibility index (Phi) is 7.31. The molecular formula is C18H30N4O2. The van der Waals surface area contributed by atoms with Crippen molar-refractivity contribution >= 4 is 6.03 Å². The van der Waals surface area contributed by atoms with Gasteiger partial charge in [0.15, 0.2) is 0 Å². The van der Waals surface area contributed by atoms with Gasteiger partial charge in [-0.1, -0.05) is 12.8 Å². The lowest BCUT2D eigenvalue weighted by Crippen LogP contribution is -2.38. The van der Waals surface area contributed by atoms with E-state index in [9.17, 15) is 9.59 Å². The van der Waals surface area contributed by atoms with Crippen LogP contribution < -0.4 is 16.2 Å². The minimum absolute atomic E-state index is 0.131. The number of rotatable bonds is 6. The molecule has 0 unspecified atom stereocenters. The first-order valence-electron chi connectivity index (χ1n) is 8.99. The number of hydrogen-bond acceptors (Lipinski definition) is 3. The van der Waals surface area contributed by atoms with Gasteiger partial charge in [-0.3, -0.25) is 4.79 Å². The Morgan fingerprint density at radius 1 is 1.17 bits per heavy atom. The van der Waals surface area contributed by atoms with Crippen molar-refractivity contribution in [3.05, 3.63) is 33.2 Å². The van der Waals surface area contributed by atoms with Crippen LogP contribution in [-0.4, -0.2) is 42.1 Å². The Bertz CT molecular complexity index is 589. The summed E-state index contributed by atoms with van der Waals surface area (Å²) in [7, 11) is 0. The lowest BCUT2D eigenvalue weighted by Gasteiger charge is -2.19. The number of aromatic nitrogens is 1. The molecule has 24 heavy (non-hydrogen) atoms. The zero-order valence-corrected chi connectivity index (χ0v) is 14.9. The number of pyridine rings is 1. The molecule has 1 aromatic heterocycles. The van der Waals surface area contributed by atoms with Gasteiger partial charge in [0.05, 0.1) is 6.54 Å². The standard InChI is InChI=1S/C18H30N4O2/c1-14-12-15(2)21-17(23)16(14)13-20-18(24)19-8-7-11-22-9-5-3-4-6-10-22/h12H,3-11,13H2,1-2H3,(H,21,23)(H2,19,20,24). The van der Waals surface area contributed by atoms with Gasteiger partial charge in [-0.25, -0.2) is 4.79 Å². The molecule has 2 amide bonds. The van der Waals surface area contributed by atoms with Crippen LogP contribution in [0.2, 0.25) is 0 Å². The van der Waals surface area contributed by atoms with Crippen LogP contribution in [-0.2, 0) is 6.54 Å². The van der Waals surface area contributed by atoms with E-state index in [2.05, 4.69) is 20.5 Å². The van der Waals surface area contributed by atoms with Crippen molar-refractivity contribution in [3.8, 4) is 0 Å². The smallest absolute Gasteiger partial charge is 0.315 e. The first-order valence-corrected chi connectivity index (χ1v) is 8.99. The van der Waals surface area contributed by atoms with Crippen LogP contribution >= 0.6 is 0 Å². The molecule has 0 saturated carbocycles. The minimum atomic E-state index is -0.217. The van der Waals surface area contributed by atoms with Gasteiger partial charge in [-0.15, -0.1) is 0 Å². The van der Waals surface area contributed by atoms with Crippen LogP contribution in [0.5, 0.6) is 0 Å². The predicted octanol–water partition coefficient (Wildman–Crippen LogP) is 2.06. The third-order valence-electron chi connectivity index (χ3n) is 4.55. The highest BCUT2D eigenvalue weighted by Gasteiger charge is 2.09. The van der Waals surface area contributed by atoms with Gasteiger partial charge < -0.3 is 20.5 Å². The summed E-state index contributed by atoms with van der Waals surface area (Å²) in [4.78, 5) is 29.0. The maximum Gasteiger partial charge on any atom is 0.315 e. The van der Waals surface area contributed by atoms with Gasteiger partial charge >= 0.3 is 6.03 Å². The van der Waals surface area contributed by atoms with Gasteiger partial charge in [-0.2, -0.15) is 0 Å². The molecule has 0 atom stereocenters. The average Bonchev–Trinajstić information content (AvgIpc) is 2.79. The van der Waals surface area contributed by atoms with E-state index in [1.54, 1.807) is 0 Å². The van der Waals surface area contributed by atoms with Crippen LogP contribution in [0.25, 0.3) is 0 Å². The summed E-state index contributed by atoms with van der Waals surface area (Å²) < 4.78 is 0. The number of likely N-dealkylation sites (tertiary alicyclic amines) is 1. The van der Waals surface area contributed by atoms with Gasteiger partial charge in [-0.05, 0) is 64.4 Å². The lowest BCUT2D eigenvalue weighted by molar-refractivity contribution is 0.238. The second-order valence-corrected chi connectivity index (χ2v) is 6.66. The number of hydrogen-bond donors (Lipinski definition) is 3. The number of aromatic amines is 1. The largest absolute Gasteiger partial charge is 0.338 e. The fourth-order valence-electron chi connectivity index (χ4n) is 3.20. The Hall–Kier alpha value is -1.82. The van der Waals surface area contributed by atoms with Crippen molar-refractivity contribution in [2.75, 3.05) is 26.2 Å². The van der Waals surface area contributed by atoms with Crippen LogP contribution in [0.4, 0.5) is 4.79 Å². The summed E-state index contributed by atoms with van der Waals surface area (Å²) in [6.45, 7) is 8.05. The maximum absolute atomic E-state index is 11.9. The number of nitrogens with zero attached hydrogens (tertiary/aromatic N) is 1. The first kappa shape index (κ1) is 18.5. The molecule has 0 spiro atoms. The molecule has 0 radical (unpaired) electrons. The van der Waals surface area contributed by atoms with Gasteiger partial charge in [0, 0.05) is 17.8 Å². The molecule has 0 aliphatic carbocycles. The van der Waals surface area contributed by atoms with Gasteiger partial charge in [0.1, 0.15) is 0 Å².